The highest BCUT2D eigenvalue weighted by Crippen LogP contribution is 2.25. The number of benzene rings is 1. The van der Waals surface area contributed by atoms with Crippen molar-refractivity contribution in [1.82, 2.24) is 4.90 Å². The number of hydrogen-bond acceptors (Lipinski definition) is 3. The van der Waals surface area contributed by atoms with Crippen LogP contribution in [0.4, 0.5) is 4.39 Å². The molecule has 108 valence electrons. The van der Waals surface area contributed by atoms with Crippen LogP contribution in [0.25, 0.3) is 0 Å². The number of nitrogens with two attached hydrogens (primary N) is 1. The zero-order valence-corrected chi connectivity index (χ0v) is 12.2. The number of amides is 2. The molecule has 1 heterocycles. The van der Waals surface area contributed by atoms with Gasteiger partial charge < -0.3 is 15.7 Å². The number of hydrogen-bond donors (Lipinski definition) is 2. The number of carbonyl (C=O) groups is 2. The maximum Gasteiger partial charge on any atom is 0.255 e. The van der Waals surface area contributed by atoms with Gasteiger partial charge in [0, 0.05) is 11.0 Å². The highest BCUT2D eigenvalue weighted by Gasteiger charge is 2.40. The minimum atomic E-state index is -1.69. The average molecular weight is 345 g/mol. The molecular formula is C13H14BrFN2O3. The van der Waals surface area contributed by atoms with E-state index in [0.717, 1.165) is 0 Å². The van der Waals surface area contributed by atoms with E-state index >= 15 is 0 Å². The van der Waals surface area contributed by atoms with Crippen molar-refractivity contribution in [3.63, 3.8) is 0 Å². The zero-order valence-electron chi connectivity index (χ0n) is 10.6. The summed E-state index contributed by atoms with van der Waals surface area (Å²) in [5, 5.41) is 10.1. The zero-order chi connectivity index (χ0) is 14.9. The fourth-order valence-corrected chi connectivity index (χ4v) is 2.76. The summed E-state index contributed by atoms with van der Waals surface area (Å²) in [5.74, 6) is -1.68. The number of aliphatic hydroxyl groups is 1. The van der Waals surface area contributed by atoms with E-state index in [1.807, 2.05) is 0 Å². The Kier molecular flexibility index (Phi) is 4.10. The summed E-state index contributed by atoms with van der Waals surface area (Å²) in [7, 11) is 0. The molecule has 1 aromatic carbocycles. The van der Waals surface area contributed by atoms with Gasteiger partial charge in [-0.15, -0.1) is 0 Å². The third kappa shape index (κ3) is 2.83. The van der Waals surface area contributed by atoms with E-state index in [0.29, 0.717) is 17.4 Å². The molecule has 0 aliphatic carbocycles. The molecule has 1 fully saturated rings. The van der Waals surface area contributed by atoms with Gasteiger partial charge in [-0.3, -0.25) is 9.59 Å². The van der Waals surface area contributed by atoms with Crippen molar-refractivity contribution in [1.29, 1.82) is 0 Å². The number of rotatable bonds is 2. The standard InChI is InChI=1S/C13H14BrFN2O3/c14-10-6-8(15)2-3-9(10)11(18)17-5-1-4-13(20,7-17)12(16)19/h2-3,6,20H,1,4-5,7H2,(H2,16,19)/t13-/m1/s1. The van der Waals surface area contributed by atoms with Gasteiger partial charge in [0.25, 0.3) is 11.8 Å². The van der Waals surface area contributed by atoms with Gasteiger partial charge in [-0.2, -0.15) is 0 Å². The lowest BCUT2D eigenvalue weighted by molar-refractivity contribution is -0.140. The van der Waals surface area contributed by atoms with Crippen LogP contribution in [-0.2, 0) is 4.79 Å². The summed E-state index contributed by atoms with van der Waals surface area (Å²) in [5.41, 5.74) is 3.75. The molecule has 1 atom stereocenters. The molecule has 20 heavy (non-hydrogen) atoms. The largest absolute Gasteiger partial charge is 0.378 e. The molecule has 1 aliphatic rings. The molecule has 0 aromatic heterocycles. The molecule has 0 spiro atoms. The van der Waals surface area contributed by atoms with Gasteiger partial charge in [0.2, 0.25) is 0 Å². The van der Waals surface area contributed by atoms with Gasteiger partial charge in [0.15, 0.2) is 5.60 Å². The number of primary amides is 1. The van der Waals surface area contributed by atoms with Crippen LogP contribution in [0, 0.1) is 5.82 Å². The summed E-state index contributed by atoms with van der Waals surface area (Å²) in [6.45, 7) is 0.267. The summed E-state index contributed by atoms with van der Waals surface area (Å²) < 4.78 is 13.4. The van der Waals surface area contributed by atoms with E-state index in [1.54, 1.807) is 0 Å². The number of β-amino-alcohol motifs (C(OH)–C–C–N with tert-alkyl or cyclic N) is 1. The first-order valence-electron chi connectivity index (χ1n) is 6.10. The van der Waals surface area contributed by atoms with Crippen LogP contribution in [0.2, 0.25) is 0 Å². The third-order valence-corrected chi connectivity index (χ3v) is 4.03. The molecule has 7 heteroatoms. The van der Waals surface area contributed by atoms with Gasteiger partial charge in [-0.1, -0.05) is 0 Å². The van der Waals surface area contributed by atoms with Crippen molar-refractivity contribution in [2.24, 2.45) is 5.73 Å². The van der Waals surface area contributed by atoms with Crippen LogP contribution >= 0.6 is 15.9 Å². The van der Waals surface area contributed by atoms with Crippen LogP contribution in [0.5, 0.6) is 0 Å². The smallest absolute Gasteiger partial charge is 0.255 e. The van der Waals surface area contributed by atoms with Crippen LogP contribution in [0.15, 0.2) is 22.7 Å². The molecule has 5 nitrogen and oxygen atoms in total. The second-order valence-corrected chi connectivity index (χ2v) is 5.70. The molecule has 0 saturated carbocycles. The van der Waals surface area contributed by atoms with E-state index in [1.165, 1.54) is 23.1 Å². The number of carbonyl (C=O) groups excluding carboxylic acids is 2. The predicted octanol–water partition coefficient (Wildman–Crippen LogP) is 1.04. The summed E-state index contributed by atoms with van der Waals surface area (Å²) in [6.07, 6.45) is 0.709. The molecule has 2 rings (SSSR count). The Labute approximate surface area is 123 Å². The first kappa shape index (κ1) is 14.9. The van der Waals surface area contributed by atoms with Crippen molar-refractivity contribution in [3.8, 4) is 0 Å². The number of halogens is 2. The minimum absolute atomic E-state index is 0.148. The monoisotopic (exact) mass is 344 g/mol. The Hall–Kier alpha value is -1.47. The van der Waals surface area contributed by atoms with Gasteiger partial charge in [0.05, 0.1) is 12.1 Å². The lowest BCUT2D eigenvalue weighted by Gasteiger charge is -2.37. The van der Waals surface area contributed by atoms with E-state index < -0.39 is 17.3 Å². The molecule has 1 aromatic rings. The average Bonchev–Trinajstić information content (AvgIpc) is 2.38. The van der Waals surface area contributed by atoms with Crippen LogP contribution in [-0.4, -0.2) is 40.5 Å². The molecule has 1 aliphatic heterocycles. The third-order valence-electron chi connectivity index (χ3n) is 3.38. The second-order valence-electron chi connectivity index (χ2n) is 4.85. The number of piperidine rings is 1. The summed E-state index contributed by atoms with van der Waals surface area (Å²) in [6, 6.07) is 3.74. The molecule has 3 N–H and O–H groups in total. The Balaban J connectivity index is 2.23. The fraction of sp³-hybridized carbons (Fsp3) is 0.385. The quantitative estimate of drug-likeness (QED) is 0.840. The molecular weight excluding hydrogens is 331 g/mol. The van der Waals surface area contributed by atoms with Crippen molar-refractivity contribution in [2.75, 3.05) is 13.1 Å². The highest BCUT2D eigenvalue weighted by molar-refractivity contribution is 9.10. The Bertz CT molecular complexity index is 567. The Morgan fingerprint density at radius 3 is 2.75 bits per heavy atom. The van der Waals surface area contributed by atoms with Gasteiger partial charge in [-0.25, -0.2) is 4.39 Å². The van der Waals surface area contributed by atoms with Crippen molar-refractivity contribution in [3.05, 3.63) is 34.1 Å². The van der Waals surface area contributed by atoms with Gasteiger partial charge in [0.1, 0.15) is 5.82 Å². The maximum atomic E-state index is 13.0. The normalized spacial score (nSPS) is 22.6. The van der Waals surface area contributed by atoms with Crippen LogP contribution < -0.4 is 5.73 Å². The van der Waals surface area contributed by atoms with Gasteiger partial charge >= 0.3 is 0 Å². The minimum Gasteiger partial charge on any atom is -0.378 e. The molecule has 0 bridgehead atoms. The van der Waals surface area contributed by atoms with Crippen LogP contribution in [0.1, 0.15) is 23.2 Å². The Morgan fingerprint density at radius 2 is 2.15 bits per heavy atom. The lowest BCUT2D eigenvalue weighted by Crippen LogP contribution is -2.57. The van der Waals surface area contributed by atoms with Crippen molar-refractivity contribution < 1.29 is 19.1 Å². The van der Waals surface area contributed by atoms with E-state index in [-0.39, 0.29) is 24.4 Å². The van der Waals surface area contributed by atoms with E-state index in [2.05, 4.69) is 15.9 Å². The predicted molar refractivity (Wildman–Crippen MR) is 73.4 cm³/mol. The molecule has 2 amide bonds. The SMILES string of the molecule is NC(=O)[C@@]1(O)CCCN(C(=O)c2ccc(F)cc2Br)C1. The maximum absolute atomic E-state index is 13.0. The topological polar surface area (TPSA) is 83.6 Å². The summed E-state index contributed by atoms with van der Waals surface area (Å²) in [4.78, 5) is 25.0. The second kappa shape index (κ2) is 5.49. The van der Waals surface area contributed by atoms with E-state index in [4.69, 9.17) is 5.73 Å². The lowest BCUT2D eigenvalue weighted by atomic mass is 9.92. The van der Waals surface area contributed by atoms with Crippen molar-refractivity contribution in [2.45, 2.75) is 18.4 Å². The van der Waals surface area contributed by atoms with Crippen molar-refractivity contribution >= 4 is 27.7 Å². The molecule has 1 saturated heterocycles. The van der Waals surface area contributed by atoms with Gasteiger partial charge in [-0.05, 0) is 47.0 Å². The number of nitrogens with zero attached hydrogens (tertiary/aromatic N) is 1. The summed E-state index contributed by atoms with van der Waals surface area (Å²) >= 11 is 3.13. The highest BCUT2D eigenvalue weighted by atomic mass is 79.9. The Morgan fingerprint density at radius 1 is 1.45 bits per heavy atom. The van der Waals surface area contributed by atoms with E-state index in [9.17, 15) is 19.1 Å². The fourth-order valence-electron chi connectivity index (χ4n) is 2.24. The molecule has 0 unspecified atom stereocenters. The first-order chi connectivity index (χ1) is 9.33. The first-order valence-corrected chi connectivity index (χ1v) is 6.89. The number of likely N-dealkylation sites (tertiary alicyclic amines) is 1. The molecule has 0 radical (unpaired) electrons. The van der Waals surface area contributed by atoms with Crippen LogP contribution in [0.3, 0.4) is 0 Å².